The zero-order valence-corrected chi connectivity index (χ0v) is 16.5. The fourth-order valence-electron chi connectivity index (χ4n) is 2.88. The number of carbonyl (C=O) groups is 1. The van der Waals surface area contributed by atoms with Crippen LogP contribution in [0.25, 0.3) is 6.08 Å². The second-order valence-electron chi connectivity index (χ2n) is 6.66. The van der Waals surface area contributed by atoms with Gasteiger partial charge in [-0.05, 0) is 42.8 Å². The molecule has 1 aliphatic heterocycles. The van der Waals surface area contributed by atoms with Gasteiger partial charge in [0.25, 0.3) is 0 Å². The number of para-hydroxylation sites is 1. The Kier molecular flexibility index (Phi) is 5.45. The van der Waals surface area contributed by atoms with Crippen molar-refractivity contribution in [2.75, 3.05) is 0 Å². The van der Waals surface area contributed by atoms with Gasteiger partial charge in [-0.3, -0.25) is 0 Å². The molecule has 0 spiro atoms. The van der Waals surface area contributed by atoms with Gasteiger partial charge >= 0.3 is 5.97 Å². The zero-order chi connectivity index (χ0) is 20.2. The van der Waals surface area contributed by atoms with Crippen LogP contribution in [0.3, 0.4) is 0 Å². The lowest BCUT2D eigenvalue weighted by Gasteiger charge is -2.09. The number of cyclic esters (lactones) is 1. The van der Waals surface area contributed by atoms with Crippen LogP contribution in [0, 0.1) is 6.92 Å². The monoisotopic (exact) mass is 403 g/mol. The number of hydrogen-bond acceptors (Lipinski definition) is 4. The van der Waals surface area contributed by atoms with E-state index in [9.17, 15) is 4.79 Å². The van der Waals surface area contributed by atoms with E-state index in [1.807, 2.05) is 55.5 Å². The third-order valence-electron chi connectivity index (χ3n) is 4.42. The van der Waals surface area contributed by atoms with Gasteiger partial charge < -0.3 is 9.47 Å². The van der Waals surface area contributed by atoms with Crippen LogP contribution in [0.5, 0.6) is 5.75 Å². The van der Waals surface area contributed by atoms with E-state index >= 15 is 0 Å². The molecule has 0 aromatic heterocycles. The Bertz CT molecular complexity index is 1120. The van der Waals surface area contributed by atoms with Crippen molar-refractivity contribution < 1.29 is 14.3 Å². The second-order valence-corrected chi connectivity index (χ2v) is 7.09. The van der Waals surface area contributed by atoms with Crippen molar-refractivity contribution in [1.29, 1.82) is 0 Å². The molecule has 0 saturated carbocycles. The molecule has 0 radical (unpaired) electrons. The molecule has 0 bridgehead atoms. The van der Waals surface area contributed by atoms with Gasteiger partial charge in [-0.1, -0.05) is 65.7 Å². The molecule has 144 valence electrons. The molecule has 29 heavy (non-hydrogen) atoms. The average Bonchev–Trinajstić information content (AvgIpc) is 3.09. The fourth-order valence-corrected chi connectivity index (χ4v) is 3.07. The maximum absolute atomic E-state index is 12.3. The van der Waals surface area contributed by atoms with Crippen molar-refractivity contribution in [2.24, 2.45) is 4.99 Å². The number of hydrogen-bond donors (Lipinski definition) is 0. The summed E-state index contributed by atoms with van der Waals surface area (Å²) in [6.07, 6.45) is 1.67. The van der Waals surface area contributed by atoms with Gasteiger partial charge in [0.15, 0.2) is 5.70 Å². The highest BCUT2D eigenvalue weighted by molar-refractivity contribution is 6.31. The second kappa shape index (κ2) is 8.33. The van der Waals surface area contributed by atoms with Crippen molar-refractivity contribution in [2.45, 2.75) is 13.5 Å². The molecule has 1 aliphatic rings. The Hall–Kier alpha value is -3.37. The molecular weight excluding hydrogens is 386 g/mol. The lowest BCUT2D eigenvalue weighted by atomic mass is 10.1. The van der Waals surface area contributed by atoms with E-state index in [0.29, 0.717) is 22.9 Å². The number of rotatable bonds is 5. The molecule has 0 atom stereocenters. The number of aliphatic imine (C=N–C) groups is 1. The Balaban J connectivity index is 1.57. The Morgan fingerprint density at radius 2 is 1.83 bits per heavy atom. The van der Waals surface area contributed by atoms with Crippen molar-refractivity contribution in [3.63, 3.8) is 0 Å². The Labute approximate surface area is 174 Å². The first-order valence-corrected chi connectivity index (χ1v) is 9.52. The van der Waals surface area contributed by atoms with Gasteiger partial charge in [-0.15, -0.1) is 0 Å². The SMILES string of the molecule is Cc1ccc(COc2ccccc2/C=C2/N=C(c3cccc(Cl)c3)OC2=O)cc1. The molecule has 0 N–H and O–H groups in total. The number of halogens is 1. The Morgan fingerprint density at radius 1 is 1.03 bits per heavy atom. The van der Waals surface area contributed by atoms with E-state index in [2.05, 4.69) is 4.99 Å². The lowest BCUT2D eigenvalue weighted by Crippen LogP contribution is -2.05. The van der Waals surface area contributed by atoms with E-state index in [-0.39, 0.29) is 11.6 Å². The number of nitrogens with zero attached hydrogens (tertiary/aromatic N) is 1. The van der Waals surface area contributed by atoms with Crippen molar-refractivity contribution in [3.05, 3.63) is 106 Å². The van der Waals surface area contributed by atoms with E-state index in [0.717, 1.165) is 11.1 Å². The molecule has 0 amide bonds. The van der Waals surface area contributed by atoms with Gasteiger partial charge in [0.05, 0.1) is 0 Å². The summed E-state index contributed by atoms with van der Waals surface area (Å²) in [5, 5.41) is 0.550. The predicted molar refractivity (Wildman–Crippen MR) is 114 cm³/mol. The first-order valence-electron chi connectivity index (χ1n) is 9.14. The summed E-state index contributed by atoms with van der Waals surface area (Å²) in [7, 11) is 0. The summed E-state index contributed by atoms with van der Waals surface area (Å²) in [5.41, 5.74) is 3.89. The number of benzene rings is 3. The summed E-state index contributed by atoms with van der Waals surface area (Å²) < 4.78 is 11.3. The van der Waals surface area contributed by atoms with Crippen LogP contribution in [-0.4, -0.2) is 11.9 Å². The quantitative estimate of drug-likeness (QED) is 0.413. The van der Waals surface area contributed by atoms with Gasteiger partial charge in [0.1, 0.15) is 12.4 Å². The van der Waals surface area contributed by atoms with Crippen LogP contribution >= 0.6 is 11.6 Å². The van der Waals surface area contributed by atoms with Gasteiger partial charge in [0.2, 0.25) is 5.90 Å². The topological polar surface area (TPSA) is 47.9 Å². The Morgan fingerprint density at radius 3 is 2.62 bits per heavy atom. The first-order chi connectivity index (χ1) is 14.1. The zero-order valence-electron chi connectivity index (χ0n) is 15.8. The molecule has 4 rings (SSSR count). The normalized spacial score (nSPS) is 14.6. The van der Waals surface area contributed by atoms with Crippen molar-refractivity contribution in [3.8, 4) is 5.75 Å². The summed E-state index contributed by atoms with van der Waals surface area (Å²) in [6.45, 7) is 2.48. The molecule has 5 heteroatoms. The predicted octanol–water partition coefficient (Wildman–Crippen LogP) is 5.57. The van der Waals surface area contributed by atoms with E-state index in [1.54, 1.807) is 30.3 Å². The molecule has 0 unspecified atom stereocenters. The summed E-state index contributed by atoms with van der Waals surface area (Å²) in [4.78, 5) is 16.6. The van der Waals surface area contributed by atoms with Crippen LogP contribution < -0.4 is 4.74 Å². The maximum Gasteiger partial charge on any atom is 0.363 e. The van der Waals surface area contributed by atoms with Crippen LogP contribution in [0.2, 0.25) is 5.02 Å². The standard InChI is InChI=1S/C24H18ClNO3/c1-16-9-11-17(12-10-16)15-28-22-8-3-2-5-18(22)14-21-24(27)29-23(26-21)19-6-4-7-20(25)13-19/h2-14H,15H2,1H3/b21-14+. The average molecular weight is 404 g/mol. The summed E-state index contributed by atoms with van der Waals surface area (Å²) in [5.74, 6) is 0.398. The minimum Gasteiger partial charge on any atom is -0.488 e. The van der Waals surface area contributed by atoms with Crippen molar-refractivity contribution >= 4 is 29.5 Å². The lowest BCUT2D eigenvalue weighted by molar-refractivity contribution is -0.129. The fraction of sp³-hybridized carbons (Fsp3) is 0.0833. The van der Waals surface area contributed by atoms with Gasteiger partial charge in [0, 0.05) is 16.1 Å². The number of ether oxygens (including phenoxy) is 2. The molecule has 0 saturated heterocycles. The number of carbonyl (C=O) groups excluding carboxylic acids is 1. The molecule has 4 nitrogen and oxygen atoms in total. The highest BCUT2D eigenvalue weighted by Gasteiger charge is 2.24. The van der Waals surface area contributed by atoms with E-state index in [1.165, 1.54) is 5.56 Å². The first kappa shape index (κ1) is 19.0. The van der Waals surface area contributed by atoms with Gasteiger partial charge in [-0.2, -0.15) is 0 Å². The van der Waals surface area contributed by atoms with E-state index in [4.69, 9.17) is 21.1 Å². The molecular formula is C24H18ClNO3. The van der Waals surface area contributed by atoms with Crippen molar-refractivity contribution in [1.82, 2.24) is 0 Å². The smallest absolute Gasteiger partial charge is 0.363 e. The highest BCUT2D eigenvalue weighted by Crippen LogP contribution is 2.26. The molecule has 3 aromatic rings. The minimum absolute atomic E-state index is 0.214. The number of esters is 1. The summed E-state index contributed by atoms with van der Waals surface area (Å²) in [6, 6.07) is 22.7. The number of aryl methyl sites for hydroxylation is 1. The molecule has 0 fully saturated rings. The van der Waals surface area contributed by atoms with Gasteiger partial charge in [-0.25, -0.2) is 9.79 Å². The van der Waals surface area contributed by atoms with E-state index < -0.39 is 5.97 Å². The van der Waals surface area contributed by atoms with Crippen LogP contribution in [0.4, 0.5) is 0 Å². The third-order valence-corrected chi connectivity index (χ3v) is 4.65. The molecule has 0 aliphatic carbocycles. The highest BCUT2D eigenvalue weighted by atomic mass is 35.5. The largest absolute Gasteiger partial charge is 0.488 e. The summed E-state index contributed by atoms with van der Waals surface area (Å²) >= 11 is 6.01. The molecule has 3 aromatic carbocycles. The van der Waals surface area contributed by atoms with Crippen LogP contribution in [-0.2, 0) is 16.1 Å². The van der Waals surface area contributed by atoms with Crippen LogP contribution in [0.1, 0.15) is 22.3 Å². The minimum atomic E-state index is -0.506. The third kappa shape index (κ3) is 4.55. The van der Waals surface area contributed by atoms with Crippen LogP contribution in [0.15, 0.2) is 83.5 Å². The maximum atomic E-state index is 12.3. The molecule has 1 heterocycles.